The number of nitrogens with zero attached hydrogens (tertiary/aromatic N) is 8. The number of urea groups is 2. The zero-order valence-corrected chi connectivity index (χ0v) is 33.1. The number of para-hydroxylation sites is 2. The van der Waals surface area contributed by atoms with E-state index < -0.39 is 5.97 Å². The van der Waals surface area contributed by atoms with E-state index >= 15 is 0 Å². The first-order valence-corrected chi connectivity index (χ1v) is 18.8. The van der Waals surface area contributed by atoms with Crippen molar-refractivity contribution in [2.75, 3.05) is 89.9 Å². The van der Waals surface area contributed by atoms with Crippen molar-refractivity contribution in [3.05, 3.63) is 119 Å². The number of ether oxygens (including phenoxy) is 1. The minimum absolute atomic E-state index is 0.0219. The van der Waals surface area contributed by atoms with E-state index in [1.165, 1.54) is 19.5 Å². The molecule has 0 bridgehead atoms. The average Bonchev–Trinajstić information content (AvgIpc) is 3.23. The molecule has 0 radical (unpaired) electrons. The molecule has 2 fully saturated rings. The van der Waals surface area contributed by atoms with Crippen LogP contribution in [0.5, 0.6) is 0 Å². The fourth-order valence-corrected chi connectivity index (χ4v) is 6.46. The molecule has 0 saturated carbocycles. The smallest absolute Gasteiger partial charge is 0.339 e. The lowest BCUT2D eigenvalue weighted by atomic mass is 10.1. The summed E-state index contributed by atoms with van der Waals surface area (Å²) >= 11 is 0. The van der Waals surface area contributed by atoms with Crippen molar-refractivity contribution in [1.82, 2.24) is 29.6 Å². The molecule has 0 unspecified atom stereocenters. The number of piperazine rings is 2. The van der Waals surface area contributed by atoms with Crippen molar-refractivity contribution in [2.45, 2.75) is 26.9 Å². The van der Waals surface area contributed by atoms with Crippen molar-refractivity contribution >= 4 is 35.2 Å². The van der Waals surface area contributed by atoms with Crippen molar-refractivity contribution in [3.63, 3.8) is 0 Å². The fourth-order valence-electron chi connectivity index (χ4n) is 6.46. The molecule has 2 saturated heterocycles. The topological polar surface area (TPSA) is 149 Å². The van der Waals surface area contributed by atoms with E-state index in [-0.39, 0.29) is 24.4 Å². The molecular formula is C42H53N9O5. The van der Waals surface area contributed by atoms with Crippen molar-refractivity contribution < 1.29 is 23.9 Å². The van der Waals surface area contributed by atoms with E-state index in [1.54, 1.807) is 34.1 Å². The minimum atomic E-state index is -0.427. The third-order valence-electron chi connectivity index (χ3n) is 10.0. The third-order valence-corrected chi connectivity index (χ3v) is 10.0. The Labute approximate surface area is 329 Å². The van der Waals surface area contributed by atoms with Crippen LogP contribution in [-0.2, 0) is 17.8 Å². The summed E-state index contributed by atoms with van der Waals surface area (Å²) in [6, 6.07) is 22.6. The number of aryl methyl sites for hydroxylation is 2. The van der Waals surface area contributed by atoms with Crippen LogP contribution in [0.25, 0.3) is 0 Å². The fraction of sp³-hybridized carbons (Fsp3) is 0.381. The number of nitrogens with two attached hydrogens (primary N) is 1. The Morgan fingerprint density at radius 3 is 1.39 bits per heavy atom. The first-order valence-electron chi connectivity index (χ1n) is 18.8. The molecule has 0 spiro atoms. The average molecular weight is 764 g/mol. The highest BCUT2D eigenvalue weighted by Gasteiger charge is 2.28. The third kappa shape index (κ3) is 10.7. The predicted molar refractivity (Wildman–Crippen MR) is 217 cm³/mol. The number of likely N-dealkylation sites (N-methyl/N-ethyl adjacent to an activating group) is 2. The van der Waals surface area contributed by atoms with E-state index in [1.807, 2.05) is 72.2 Å². The van der Waals surface area contributed by atoms with Gasteiger partial charge in [-0.25, -0.2) is 14.4 Å². The Bertz CT molecular complexity index is 1800. The van der Waals surface area contributed by atoms with Gasteiger partial charge in [-0.1, -0.05) is 36.4 Å². The molecular weight excluding hydrogens is 711 g/mol. The number of hydrogen-bond acceptors (Lipinski definition) is 10. The Kier molecular flexibility index (Phi) is 14.6. The first kappa shape index (κ1) is 41.5. The Balaban J connectivity index is 0.000000214. The maximum atomic E-state index is 13.3. The van der Waals surface area contributed by atoms with Crippen LogP contribution in [0.1, 0.15) is 43.2 Å². The number of methoxy groups -OCH3 is 1. The van der Waals surface area contributed by atoms with Crippen molar-refractivity contribution in [2.24, 2.45) is 5.73 Å². The Morgan fingerprint density at radius 2 is 1.04 bits per heavy atom. The molecule has 4 aromatic rings. The number of esters is 1. The number of carbonyl (C=O) groups excluding carboxylic acids is 4. The first-order chi connectivity index (χ1) is 27.0. The molecule has 0 atom stereocenters. The quantitative estimate of drug-likeness (QED) is 0.192. The summed E-state index contributed by atoms with van der Waals surface area (Å²) in [5, 5.41) is 0. The molecule has 4 heterocycles. The van der Waals surface area contributed by atoms with Gasteiger partial charge < -0.3 is 30.1 Å². The number of carbonyl (C=O) groups is 4. The van der Waals surface area contributed by atoms with Crippen LogP contribution in [0.4, 0.5) is 21.0 Å². The van der Waals surface area contributed by atoms with Crippen LogP contribution in [0.2, 0.25) is 0 Å². The number of rotatable bonds is 9. The second kappa shape index (κ2) is 19.8. The highest BCUT2D eigenvalue weighted by Crippen LogP contribution is 2.25. The van der Waals surface area contributed by atoms with Crippen LogP contribution in [0.15, 0.2) is 85.2 Å². The number of benzene rings is 2. The summed E-state index contributed by atoms with van der Waals surface area (Å²) < 4.78 is 4.71. The van der Waals surface area contributed by atoms with E-state index in [0.29, 0.717) is 56.1 Å². The number of hydrogen-bond donors (Lipinski definition) is 1. The van der Waals surface area contributed by atoms with Gasteiger partial charge in [-0.15, -0.1) is 0 Å². The van der Waals surface area contributed by atoms with Gasteiger partial charge in [-0.05, 0) is 75.5 Å². The number of ketones is 1. The van der Waals surface area contributed by atoms with Crippen LogP contribution in [-0.4, -0.2) is 133 Å². The monoisotopic (exact) mass is 763 g/mol. The molecule has 2 aliphatic heterocycles. The van der Waals surface area contributed by atoms with E-state index in [9.17, 15) is 19.2 Å². The van der Waals surface area contributed by atoms with Gasteiger partial charge in [0.2, 0.25) is 0 Å². The van der Waals surface area contributed by atoms with E-state index in [2.05, 4.69) is 33.9 Å². The molecule has 4 amide bonds. The van der Waals surface area contributed by atoms with Gasteiger partial charge in [-0.2, -0.15) is 0 Å². The van der Waals surface area contributed by atoms with Gasteiger partial charge in [0.1, 0.15) is 0 Å². The van der Waals surface area contributed by atoms with Gasteiger partial charge in [0.25, 0.3) is 0 Å². The molecule has 2 aliphatic rings. The molecule has 14 heteroatoms. The second-order valence-corrected chi connectivity index (χ2v) is 14.1. The number of anilines is 2. The minimum Gasteiger partial charge on any atom is -0.465 e. The second-order valence-electron chi connectivity index (χ2n) is 14.1. The lowest BCUT2D eigenvalue weighted by molar-refractivity contribution is 0.0600. The number of Topliss-reactive ketones (excluding diaryl/α,β-unsaturated/α-hetero) is 1. The van der Waals surface area contributed by atoms with Crippen LogP contribution in [0, 0.1) is 13.8 Å². The molecule has 2 N–H and O–H groups in total. The summed E-state index contributed by atoms with van der Waals surface area (Å²) in [5.41, 5.74) is 11.5. The van der Waals surface area contributed by atoms with Crippen LogP contribution >= 0.6 is 0 Å². The molecule has 0 aliphatic carbocycles. The number of aromatic nitrogens is 2. The highest BCUT2D eigenvalue weighted by molar-refractivity contribution is 5.97. The molecule has 2 aromatic heterocycles. The lowest BCUT2D eigenvalue weighted by Gasteiger charge is -2.36. The van der Waals surface area contributed by atoms with Gasteiger partial charge in [0, 0.05) is 81.7 Å². The van der Waals surface area contributed by atoms with E-state index in [4.69, 9.17) is 10.5 Å². The standard InChI is InChI=1S/C21H27N5O2.C21H26N4O3/c1-16-5-3-4-6-19(16)26(21(28)25-11-9-24(2)10-12-25)15-18-8-7-17(14-23-18)20(27)13-22;1-16-6-4-5-7-19(16)25(21(27)24-12-10-23(2)11-13-24)15-18-9-8-17(14-22-18)20(26)28-3/h3-8,14H,9-13,15,22H2,1-2H3;4-9,14H,10-13,15H2,1-3H3. The summed E-state index contributed by atoms with van der Waals surface area (Å²) in [7, 11) is 5.47. The zero-order valence-electron chi connectivity index (χ0n) is 33.1. The Morgan fingerprint density at radius 1 is 0.625 bits per heavy atom. The highest BCUT2D eigenvalue weighted by atomic mass is 16.5. The predicted octanol–water partition coefficient (Wildman–Crippen LogP) is 4.46. The molecule has 14 nitrogen and oxygen atoms in total. The van der Waals surface area contributed by atoms with Crippen molar-refractivity contribution in [1.29, 1.82) is 0 Å². The number of pyridine rings is 2. The summed E-state index contributed by atoms with van der Waals surface area (Å²) in [5.74, 6) is -0.577. The van der Waals surface area contributed by atoms with E-state index in [0.717, 1.165) is 54.4 Å². The van der Waals surface area contributed by atoms with Crippen LogP contribution in [0.3, 0.4) is 0 Å². The largest absolute Gasteiger partial charge is 0.465 e. The molecule has 2 aromatic carbocycles. The SMILES string of the molecule is COC(=O)c1ccc(CN(C(=O)N2CCN(C)CC2)c2ccccc2C)nc1.Cc1ccccc1N(Cc1ccc(C(=O)CN)cn1)C(=O)N1CCN(C)CC1. The Hall–Kier alpha value is -5.70. The zero-order chi connectivity index (χ0) is 40.2. The van der Waals surface area contributed by atoms with Gasteiger partial charge in [0.05, 0.1) is 43.7 Å². The summed E-state index contributed by atoms with van der Waals surface area (Å²) in [4.78, 5) is 70.5. The number of amides is 4. The van der Waals surface area contributed by atoms with Gasteiger partial charge in [0.15, 0.2) is 5.78 Å². The summed E-state index contributed by atoms with van der Waals surface area (Å²) in [6.45, 7) is 10.9. The van der Waals surface area contributed by atoms with Gasteiger partial charge >= 0.3 is 18.0 Å². The lowest BCUT2D eigenvalue weighted by Crippen LogP contribution is -2.52. The molecule has 296 valence electrons. The van der Waals surface area contributed by atoms with Crippen LogP contribution < -0.4 is 15.5 Å². The molecule has 6 rings (SSSR count). The molecule has 56 heavy (non-hydrogen) atoms. The van der Waals surface area contributed by atoms with Crippen molar-refractivity contribution in [3.8, 4) is 0 Å². The normalized spacial score (nSPS) is 14.7. The summed E-state index contributed by atoms with van der Waals surface area (Å²) in [6.07, 6.45) is 3.01. The maximum Gasteiger partial charge on any atom is 0.339 e. The maximum absolute atomic E-state index is 13.3. The van der Waals surface area contributed by atoms with Gasteiger partial charge in [-0.3, -0.25) is 24.6 Å².